The molecule has 0 heterocycles. The van der Waals surface area contributed by atoms with Gasteiger partial charge in [0.15, 0.2) is 0 Å². The highest BCUT2D eigenvalue weighted by atomic mass is 127. The number of hydrogen-bond acceptors (Lipinski definition) is 1. The zero-order chi connectivity index (χ0) is 13.1. The molecule has 0 aliphatic heterocycles. The summed E-state index contributed by atoms with van der Waals surface area (Å²) < 4.78 is 1.77. The van der Waals surface area contributed by atoms with Crippen LogP contribution in [0.15, 0.2) is 46.9 Å². The number of amides is 1. The second-order valence-corrected chi connectivity index (χ2v) is 5.99. The zero-order valence-electron chi connectivity index (χ0n) is 9.08. The van der Waals surface area contributed by atoms with Crippen LogP contribution >= 0.6 is 50.1 Å². The molecule has 0 fully saturated rings. The predicted molar refractivity (Wildman–Crippen MR) is 86.3 cm³/mol. The van der Waals surface area contributed by atoms with Crippen LogP contribution in [0, 0.1) is 3.57 Å². The maximum absolute atomic E-state index is 12.0. The zero-order valence-corrected chi connectivity index (χ0v) is 13.6. The molecule has 2 rings (SSSR count). The van der Waals surface area contributed by atoms with Gasteiger partial charge in [-0.25, -0.2) is 0 Å². The third-order valence-electron chi connectivity index (χ3n) is 2.30. The minimum atomic E-state index is -0.173. The molecule has 0 unspecified atom stereocenters. The predicted octanol–water partition coefficient (Wildman–Crippen LogP) is 4.96. The molecular formula is C13H8BrClINO. The highest BCUT2D eigenvalue weighted by Gasteiger charge is 2.09. The van der Waals surface area contributed by atoms with Gasteiger partial charge in [-0.05, 0) is 68.9 Å². The van der Waals surface area contributed by atoms with Gasteiger partial charge in [0.1, 0.15) is 0 Å². The first-order chi connectivity index (χ1) is 8.58. The molecule has 18 heavy (non-hydrogen) atoms. The van der Waals surface area contributed by atoms with E-state index < -0.39 is 0 Å². The molecule has 0 saturated heterocycles. The molecule has 0 spiro atoms. The van der Waals surface area contributed by atoms with Gasteiger partial charge in [-0.3, -0.25) is 4.79 Å². The average Bonchev–Trinajstić information content (AvgIpc) is 2.35. The van der Waals surface area contributed by atoms with Crippen LogP contribution in [0.5, 0.6) is 0 Å². The largest absolute Gasteiger partial charge is 0.321 e. The molecule has 2 aromatic rings. The summed E-state index contributed by atoms with van der Waals surface area (Å²) in [6, 6.07) is 12.7. The molecule has 0 aliphatic carbocycles. The summed E-state index contributed by atoms with van der Waals surface area (Å²) in [5.41, 5.74) is 1.32. The Bertz CT molecular complexity index is 603. The van der Waals surface area contributed by atoms with Gasteiger partial charge >= 0.3 is 0 Å². The van der Waals surface area contributed by atoms with Crippen molar-refractivity contribution in [2.24, 2.45) is 0 Å². The lowest BCUT2D eigenvalue weighted by Crippen LogP contribution is -2.12. The number of rotatable bonds is 2. The first kappa shape index (κ1) is 13.8. The monoisotopic (exact) mass is 435 g/mol. The van der Waals surface area contributed by atoms with E-state index in [1.54, 1.807) is 18.2 Å². The van der Waals surface area contributed by atoms with E-state index in [0.29, 0.717) is 10.6 Å². The van der Waals surface area contributed by atoms with Gasteiger partial charge < -0.3 is 5.32 Å². The van der Waals surface area contributed by atoms with Crippen molar-refractivity contribution in [3.05, 3.63) is 61.1 Å². The van der Waals surface area contributed by atoms with Gasteiger partial charge in [-0.2, -0.15) is 0 Å². The van der Waals surface area contributed by atoms with Crippen molar-refractivity contribution < 1.29 is 4.79 Å². The van der Waals surface area contributed by atoms with E-state index in [9.17, 15) is 4.79 Å². The fraction of sp³-hybridized carbons (Fsp3) is 0. The van der Waals surface area contributed by atoms with E-state index in [-0.39, 0.29) is 5.91 Å². The molecule has 2 aromatic carbocycles. The Morgan fingerprint density at radius 3 is 2.61 bits per heavy atom. The standard InChI is InChI=1S/C13H8BrClINO/c14-9-6-5-8(7-10(9)15)13(18)17-12-4-2-1-3-11(12)16/h1-7H,(H,17,18). The number of benzene rings is 2. The van der Waals surface area contributed by atoms with Gasteiger partial charge in [0.2, 0.25) is 0 Å². The van der Waals surface area contributed by atoms with Crippen LogP contribution in [0.2, 0.25) is 5.02 Å². The van der Waals surface area contributed by atoms with Crippen LogP contribution in [0.3, 0.4) is 0 Å². The van der Waals surface area contributed by atoms with Crippen molar-refractivity contribution in [3.63, 3.8) is 0 Å². The highest BCUT2D eigenvalue weighted by molar-refractivity contribution is 14.1. The van der Waals surface area contributed by atoms with E-state index in [1.165, 1.54) is 0 Å². The van der Waals surface area contributed by atoms with E-state index in [4.69, 9.17) is 11.6 Å². The summed E-state index contributed by atoms with van der Waals surface area (Å²) in [5, 5.41) is 3.37. The second kappa shape index (κ2) is 6.04. The van der Waals surface area contributed by atoms with Gasteiger partial charge in [-0.1, -0.05) is 23.7 Å². The Hall–Kier alpha value is -0.590. The van der Waals surface area contributed by atoms with Crippen molar-refractivity contribution in [1.29, 1.82) is 0 Å². The number of para-hydroxylation sites is 1. The SMILES string of the molecule is O=C(Nc1ccccc1I)c1ccc(Br)c(Cl)c1. The van der Waals surface area contributed by atoms with E-state index in [0.717, 1.165) is 13.7 Å². The van der Waals surface area contributed by atoms with Gasteiger partial charge in [0, 0.05) is 13.6 Å². The number of hydrogen-bond donors (Lipinski definition) is 1. The summed E-state index contributed by atoms with van der Waals surface area (Å²) in [5.74, 6) is -0.173. The van der Waals surface area contributed by atoms with Gasteiger partial charge in [-0.15, -0.1) is 0 Å². The lowest BCUT2D eigenvalue weighted by Gasteiger charge is -2.07. The van der Waals surface area contributed by atoms with Crippen LogP contribution in [-0.4, -0.2) is 5.91 Å². The van der Waals surface area contributed by atoms with Crippen LogP contribution in [0.1, 0.15) is 10.4 Å². The molecule has 1 N–H and O–H groups in total. The fourth-order valence-corrected chi connectivity index (χ4v) is 2.34. The van der Waals surface area contributed by atoms with Crippen molar-refractivity contribution >= 4 is 61.7 Å². The lowest BCUT2D eigenvalue weighted by molar-refractivity contribution is 0.102. The number of halogens is 3. The lowest BCUT2D eigenvalue weighted by atomic mass is 10.2. The van der Waals surface area contributed by atoms with Gasteiger partial charge in [0.25, 0.3) is 5.91 Å². The van der Waals surface area contributed by atoms with E-state index >= 15 is 0 Å². The first-order valence-electron chi connectivity index (χ1n) is 5.09. The molecule has 0 aromatic heterocycles. The van der Waals surface area contributed by atoms with Crippen molar-refractivity contribution in [3.8, 4) is 0 Å². The van der Waals surface area contributed by atoms with Gasteiger partial charge in [0.05, 0.1) is 10.7 Å². The minimum Gasteiger partial charge on any atom is -0.321 e. The molecule has 92 valence electrons. The Morgan fingerprint density at radius 1 is 1.22 bits per heavy atom. The minimum absolute atomic E-state index is 0.173. The summed E-state index contributed by atoms with van der Waals surface area (Å²) in [6.45, 7) is 0. The normalized spacial score (nSPS) is 10.2. The molecule has 0 atom stereocenters. The average molecular weight is 436 g/mol. The van der Waals surface area contributed by atoms with E-state index in [2.05, 4.69) is 43.8 Å². The molecule has 0 radical (unpaired) electrons. The summed E-state index contributed by atoms with van der Waals surface area (Å²) in [6.07, 6.45) is 0. The molecule has 1 amide bonds. The highest BCUT2D eigenvalue weighted by Crippen LogP contribution is 2.24. The Kier molecular flexibility index (Phi) is 4.64. The summed E-state index contributed by atoms with van der Waals surface area (Å²) >= 11 is 11.4. The number of anilines is 1. The molecule has 0 saturated carbocycles. The number of carbonyl (C=O) groups excluding carboxylic acids is 1. The third kappa shape index (κ3) is 3.24. The maximum Gasteiger partial charge on any atom is 0.255 e. The Morgan fingerprint density at radius 2 is 1.94 bits per heavy atom. The first-order valence-corrected chi connectivity index (χ1v) is 7.34. The summed E-state index contributed by atoms with van der Waals surface area (Å²) in [4.78, 5) is 12.0. The van der Waals surface area contributed by atoms with Crippen molar-refractivity contribution in [1.82, 2.24) is 0 Å². The molecule has 0 aliphatic rings. The Labute approximate surface area is 132 Å². The maximum atomic E-state index is 12.0. The Balaban J connectivity index is 2.22. The summed E-state index contributed by atoms with van der Waals surface area (Å²) in [7, 11) is 0. The van der Waals surface area contributed by atoms with Crippen LogP contribution in [-0.2, 0) is 0 Å². The molecule has 0 bridgehead atoms. The fourth-order valence-electron chi connectivity index (χ4n) is 1.39. The third-order valence-corrected chi connectivity index (χ3v) is 4.48. The van der Waals surface area contributed by atoms with Crippen LogP contribution in [0.25, 0.3) is 0 Å². The number of nitrogens with one attached hydrogen (secondary N) is 1. The topological polar surface area (TPSA) is 29.1 Å². The molecule has 2 nitrogen and oxygen atoms in total. The van der Waals surface area contributed by atoms with Crippen LogP contribution < -0.4 is 5.32 Å². The second-order valence-electron chi connectivity index (χ2n) is 3.56. The smallest absolute Gasteiger partial charge is 0.255 e. The van der Waals surface area contributed by atoms with Crippen LogP contribution in [0.4, 0.5) is 5.69 Å². The molecule has 5 heteroatoms. The molecular weight excluding hydrogens is 428 g/mol. The van der Waals surface area contributed by atoms with Crippen molar-refractivity contribution in [2.75, 3.05) is 5.32 Å². The quantitative estimate of drug-likeness (QED) is 0.663. The van der Waals surface area contributed by atoms with E-state index in [1.807, 2.05) is 24.3 Å². The number of carbonyl (C=O) groups is 1. The van der Waals surface area contributed by atoms with Crippen molar-refractivity contribution in [2.45, 2.75) is 0 Å².